The summed E-state index contributed by atoms with van der Waals surface area (Å²) in [5.74, 6) is 1.35. The Hall–Kier alpha value is -3.93. The second-order valence-electron chi connectivity index (χ2n) is 10.7. The number of nitrogens with zero attached hydrogens (tertiary/aromatic N) is 5. The van der Waals surface area contributed by atoms with Crippen LogP contribution in [0.1, 0.15) is 67.8 Å². The monoisotopic (exact) mass is 499 g/mol. The average molecular weight is 500 g/mol. The third-order valence-electron chi connectivity index (χ3n) is 7.74. The molecule has 0 spiro atoms. The molecule has 2 fully saturated rings. The summed E-state index contributed by atoms with van der Waals surface area (Å²) in [6, 6.07) is 9.98. The molecule has 9 nitrogen and oxygen atoms in total. The van der Waals surface area contributed by atoms with E-state index in [2.05, 4.69) is 38.2 Å². The van der Waals surface area contributed by atoms with Gasteiger partial charge >= 0.3 is 0 Å². The van der Waals surface area contributed by atoms with Crippen LogP contribution in [-0.2, 0) is 0 Å². The van der Waals surface area contributed by atoms with Crippen molar-refractivity contribution < 1.29 is 9.21 Å². The molecule has 37 heavy (non-hydrogen) atoms. The van der Waals surface area contributed by atoms with Crippen LogP contribution in [0, 0.1) is 22.7 Å². The number of hydrogen-bond donors (Lipinski definition) is 2. The van der Waals surface area contributed by atoms with E-state index in [1.807, 2.05) is 6.07 Å². The molecule has 2 aromatic heterocycles. The number of nitrogens with two attached hydrogens (primary N) is 1. The number of piperidine rings is 1. The normalized spacial score (nSPS) is 23.8. The van der Waals surface area contributed by atoms with E-state index in [9.17, 15) is 4.79 Å². The molecule has 1 aromatic carbocycles. The van der Waals surface area contributed by atoms with Gasteiger partial charge in [-0.2, -0.15) is 5.26 Å². The lowest BCUT2D eigenvalue weighted by Crippen LogP contribution is -2.45. The molecule has 5 rings (SSSR count). The second-order valence-corrected chi connectivity index (χ2v) is 10.7. The summed E-state index contributed by atoms with van der Waals surface area (Å²) in [6.07, 6.45) is 12.9. The van der Waals surface area contributed by atoms with Crippen molar-refractivity contribution in [2.75, 3.05) is 23.3 Å². The van der Waals surface area contributed by atoms with Crippen LogP contribution >= 0.6 is 0 Å². The highest BCUT2D eigenvalue weighted by Gasteiger charge is 2.37. The number of carbonyl (C=O) groups excluding carboxylic acids is 1. The third kappa shape index (κ3) is 5.74. The summed E-state index contributed by atoms with van der Waals surface area (Å²) in [6.45, 7) is 4.22. The van der Waals surface area contributed by atoms with Gasteiger partial charge in [-0.3, -0.25) is 4.79 Å². The zero-order chi connectivity index (χ0) is 25.8. The summed E-state index contributed by atoms with van der Waals surface area (Å²) in [5, 5.41) is 12.6. The van der Waals surface area contributed by atoms with Gasteiger partial charge in [0.15, 0.2) is 5.76 Å². The van der Waals surface area contributed by atoms with E-state index in [1.165, 1.54) is 25.7 Å². The van der Waals surface area contributed by atoms with Crippen molar-refractivity contribution in [2.45, 2.75) is 57.9 Å². The topological polar surface area (TPSA) is 134 Å². The van der Waals surface area contributed by atoms with Gasteiger partial charge < -0.3 is 20.4 Å². The maximum Gasteiger partial charge on any atom is 0.295 e. The first kappa shape index (κ1) is 24.8. The van der Waals surface area contributed by atoms with Crippen molar-refractivity contribution in [1.82, 2.24) is 15.0 Å². The standard InChI is InChI=1S/C28H33N7O2/c1-28(10-5-11-35(18-28)26-31-15-19(14-29)16-32-26)13-22-6-2-3-9-23(22)34-27-33-17-24(37-27)20-7-4-8-21(12-20)25(30)36/h4,7-8,12,15-17,22-23H,2-3,5-6,9-11,13,18H2,1H3,(H2,30,36)(H,33,34)/t22-,23+,28+/m0/s1. The molecule has 1 saturated heterocycles. The number of nitriles is 1. The maximum atomic E-state index is 11.5. The first-order chi connectivity index (χ1) is 17.9. The van der Waals surface area contributed by atoms with Crippen LogP contribution in [-0.4, -0.2) is 40.0 Å². The molecular weight excluding hydrogens is 466 g/mol. The first-order valence-corrected chi connectivity index (χ1v) is 13.0. The molecule has 1 saturated carbocycles. The summed E-state index contributed by atoms with van der Waals surface area (Å²) < 4.78 is 6.04. The number of primary amides is 1. The molecule has 9 heteroatoms. The highest BCUT2D eigenvalue weighted by molar-refractivity contribution is 5.93. The summed E-state index contributed by atoms with van der Waals surface area (Å²) in [4.78, 5) is 27.2. The predicted molar refractivity (Wildman–Crippen MR) is 141 cm³/mol. The number of benzene rings is 1. The minimum Gasteiger partial charge on any atom is -0.424 e. The number of aromatic nitrogens is 3. The molecule has 3 heterocycles. The number of carbonyl (C=O) groups is 1. The van der Waals surface area contributed by atoms with E-state index >= 15 is 0 Å². The van der Waals surface area contributed by atoms with Crippen LogP contribution in [0.25, 0.3) is 11.3 Å². The van der Waals surface area contributed by atoms with Crippen LogP contribution < -0.4 is 16.0 Å². The van der Waals surface area contributed by atoms with Gasteiger partial charge in [0.25, 0.3) is 6.01 Å². The number of oxazole rings is 1. The quantitative estimate of drug-likeness (QED) is 0.475. The SMILES string of the molecule is C[C@]1(C[C@@H]2CCCC[C@H]2Nc2ncc(-c3cccc(C(N)=O)c3)o2)CCCN(c2ncc(C#N)cn2)C1. The van der Waals surface area contributed by atoms with Gasteiger partial charge in [-0.1, -0.05) is 31.9 Å². The molecule has 0 bridgehead atoms. The van der Waals surface area contributed by atoms with Gasteiger partial charge in [-0.25, -0.2) is 15.0 Å². The Labute approximate surface area is 217 Å². The Balaban J connectivity index is 1.26. The van der Waals surface area contributed by atoms with Crippen molar-refractivity contribution in [3.8, 4) is 17.4 Å². The lowest BCUT2D eigenvalue weighted by Gasteiger charge is -2.44. The molecule has 3 aromatic rings. The van der Waals surface area contributed by atoms with Gasteiger partial charge in [0.1, 0.15) is 6.07 Å². The maximum absolute atomic E-state index is 11.5. The van der Waals surface area contributed by atoms with Crippen LogP contribution in [0.5, 0.6) is 0 Å². The van der Waals surface area contributed by atoms with E-state index in [1.54, 1.807) is 36.8 Å². The van der Waals surface area contributed by atoms with Crippen LogP contribution in [0.3, 0.4) is 0 Å². The lowest BCUT2D eigenvalue weighted by atomic mass is 9.70. The number of nitrogens with one attached hydrogen (secondary N) is 1. The molecule has 1 amide bonds. The summed E-state index contributed by atoms with van der Waals surface area (Å²) in [5.41, 5.74) is 7.27. The minimum atomic E-state index is -0.467. The van der Waals surface area contributed by atoms with Crippen LogP contribution in [0.15, 0.2) is 47.3 Å². The van der Waals surface area contributed by atoms with Gasteiger partial charge in [0.05, 0.1) is 24.2 Å². The third-order valence-corrected chi connectivity index (χ3v) is 7.74. The highest BCUT2D eigenvalue weighted by Crippen LogP contribution is 2.41. The minimum absolute atomic E-state index is 0.147. The first-order valence-electron chi connectivity index (χ1n) is 13.0. The Morgan fingerprint density at radius 3 is 2.81 bits per heavy atom. The van der Waals surface area contributed by atoms with E-state index in [0.717, 1.165) is 37.9 Å². The van der Waals surface area contributed by atoms with Crippen molar-refractivity contribution in [1.29, 1.82) is 5.26 Å². The zero-order valence-corrected chi connectivity index (χ0v) is 21.2. The fourth-order valence-electron chi connectivity index (χ4n) is 5.93. The number of rotatable bonds is 7. The highest BCUT2D eigenvalue weighted by atomic mass is 16.4. The van der Waals surface area contributed by atoms with Gasteiger partial charge in [0, 0.05) is 30.3 Å². The van der Waals surface area contributed by atoms with Crippen molar-refractivity contribution >= 4 is 17.9 Å². The van der Waals surface area contributed by atoms with Crippen LogP contribution in [0.4, 0.5) is 12.0 Å². The summed E-state index contributed by atoms with van der Waals surface area (Å²) >= 11 is 0. The molecule has 2 aliphatic rings. The van der Waals surface area contributed by atoms with Gasteiger partial charge in [-0.05, 0) is 55.6 Å². The Morgan fingerprint density at radius 1 is 1.22 bits per heavy atom. The Kier molecular flexibility index (Phi) is 7.08. The fraction of sp³-hybridized carbons (Fsp3) is 0.464. The molecule has 0 radical (unpaired) electrons. The van der Waals surface area contributed by atoms with E-state index in [-0.39, 0.29) is 11.5 Å². The largest absolute Gasteiger partial charge is 0.424 e. The van der Waals surface area contributed by atoms with Crippen LogP contribution in [0.2, 0.25) is 0 Å². The van der Waals surface area contributed by atoms with Crippen molar-refractivity contribution in [2.24, 2.45) is 17.1 Å². The second kappa shape index (κ2) is 10.6. The lowest BCUT2D eigenvalue weighted by molar-refractivity contribution is 0.100. The van der Waals surface area contributed by atoms with E-state index in [4.69, 9.17) is 15.4 Å². The van der Waals surface area contributed by atoms with E-state index in [0.29, 0.717) is 34.8 Å². The number of anilines is 2. The summed E-state index contributed by atoms with van der Waals surface area (Å²) in [7, 11) is 0. The molecule has 3 N–H and O–H groups in total. The fourth-order valence-corrected chi connectivity index (χ4v) is 5.93. The van der Waals surface area contributed by atoms with Crippen molar-refractivity contribution in [3.63, 3.8) is 0 Å². The Bertz CT molecular complexity index is 1280. The van der Waals surface area contributed by atoms with Crippen molar-refractivity contribution in [3.05, 3.63) is 54.0 Å². The Morgan fingerprint density at radius 2 is 2.03 bits per heavy atom. The molecule has 1 aliphatic heterocycles. The molecule has 3 atom stereocenters. The molecule has 192 valence electrons. The van der Waals surface area contributed by atoms with Gasteiger partial charge in [-0.15, -0.1) is 0 Å². The van der Waals surface area contributed by atoms with Gasteiger partial charge in [0.2, 0.25) is 11.9 Å². The molecule has 0 unspecified atom stereocenters. The predicted octanol–water partition coefficient (Wildman–Crippen LogP) is 4.77. The number of hydrogen-bond acceptors (Lipinski definition) is 8. The molecule has 1 aliphatic carbocycles. The zero-order valence-electron chi connectivity index (χ0n) is 21.2. The van der Waals surface area contributed by atoms with E-state index < -0.39 is 5.91 Å². The molecular formula is C28H33N7O2. The number of amides is 1. The smallest absolute Gasteiger partial charge is 0.295 e. The average Bonchev–Trinajstić information content (AvgIpc) is 3.38.